The minimum absolute atomic E-state index is 0.316. The van der Waals surface area contributed by atoms with E-state index in [2.05, 4.69) is 51.2 Å². The van der Waals surface area contributed by atoms with E-state index in [1.807, 2.05) is 0 Å². The zero-order valence-corrected chi connectivity index (χ0v) is 21.3. The molecule has 32 heavy (non-hydrogen) atoms. The third-order valence-electron chi connectivity index (χ3n) is 10.5. The number of fused-ring (bicyclic) bond motifs is 5. The molecule has 0 aromatic rings. The van der Waals surface area contributed by atoms with Crippen molar-refractivity contribution < 1.29 is 4.79 Å². The van der Waals surface area contributed by atoms with Crippen LogP contribution in [-0.4, -0.2) is 11.7 Å². The van der Waals surface area contributed by atoms with Crippen LogP contribution in [0, 0.1) is 46.3 Å². The van der Waals surface area contributed by atoms with Gasteiger partial charge in [0, 0.05) is 0 Å². The Bertz CT molecular complexity index is 771. The van der Waals surface area contributed by atoms with Gasteiger partial charge in [0.1, 0.15) is 0 Å². The molecule has 0 aromatic heterocycles. The largest absolute Gasteiger partial charge is 0.350 e. The molecular formula is C28H47N3O. The van der Waals surface area contributed by atoms with E-state index >= 15 is 0 Å². The molecule has 4 aliphatic carbocycles. The van der Waals surface area contributed by atoms with E-state index in [1.54, 1.807) is 5.57 Å². The van der Waals surface area contributed by atoms with E-state index in [-0.39, 0.29) is 0 Å². The first-order valence-corrected chi connectivity index (χ1v) is 13.5. The molecule has 7 unspecified atom stereocenters. The molecule has 3 fully saturated rings. The van der Waals surface area contributed by atoms with Crippen LogP contribution in [0.4, 0.5) is 4.79 Å². The second-order valence-electron chi connectivity index (χ2n) is 12.6. The summed E-state index contributed by atoms with van der Waals surface area (Å²) in [6.45, 7) is 12.5. The molecule has 3 saturated carbocycles. The summed E-state index contributed by atoms with van der Waals surface area (Å²) in [4.78, 5) is 11.1. The van der Waals surface area contributed by atoms with Gasteiger partial charge in [0.15, 0.2) is 0 Å². The number of nitrogens with one attached hydrogen (secondary N) is 1. The number of nitrogens with zero attached hydrogens (tertiary/aromatic N) is 1. The number of hydrazone groups is 1. The number of urea groups is 1. The molecule has 0 aromatic carbocycles. The van der Waals surface area contributed by atoms with Crippen molar-refractivity contribution in [2.24, 2.45) is 57.2 Å². The van der Waals surface area contributed by atoms with Gasteiger partial charge in [0.05, 0.1) is 5.71 Å². The molecule has 0 heterocycles. The Hall–Kier alpha value is -1.32. The lowest BCUT2D eigenvalue weighted by atomic mass is 9.46. The maximum atomic E-state index is 11.1. The van der Waals surface area contributed by atoms with Crippen LogP contribution in [0.25, 0.3) is 0 Å². The Balaban J connectivity index is 1.47. The number of hydrogen-bond acceptors (Lipinski definition) is 2. The van der Waals surface area contributed by atoms with Gasteiger partial charge < -0.3 is 5.73 Å². The molecule has 3 N–H and O–H groups in total. The average Bonchev–Trinajstić information content (AvgIpc) is 3.09. The van der Waals surface area contributed by atoms with E-state index in [0.29, 0.717) is 10.8 Å². The monoisotopic (exact) mass is 441 g/mol. The number of primary amides is 1. The third kappa shape index (κ3) is 4.28. The Morgan fingerprint density at radius 3 is 2.59 bits per heavy atom. The fraction of sp³-hybridized carbons (Fsp3) is 0.857. The summed E-state index contributed by atoms with van der Waals surface area (Å²) >= 11 is 0. The highest BCUT2D eigenvalue weighted by Gasteiger charge is 2.59. The summed E-state index contributed by atoms with van der Waals surface area (Å²) in [5.41, 5.74) is 11.1. The number of carbonyl (C=O) groups excluding carboxylic acids is 1. The molecule has 0 spiro atoms. The van der Waals surface area contributed by atoms with Gasteiger partial charge in [0.25, 0.3) is 0 Å². The highest BCUT2D eigenvalue weighted by molar-refractivity contribution is 5.97. The van der Waals surface area contributed by atoms with Gasteiger partial charge in [-0.15, -0.1) is 0 Å². The van der Waals surface area contributed by atoms with Gasteiger partial charge in [0.2, 0.25) is 0 Å². The second-order valence-corrected chi connectivity index (χ2v) is 12.6. The molecule has 0 aliphatic heterocycles. The molecule has 4 heteroatoms. The van der Waals surface area contributed by atoms with Crippen molar-refractivity contribution in [3.8, 4) is 0 Å². The third-order valence-corrected chi connectivity index (χ3v) is 10.5. The summed E-state index contributed by atoms with van der Waals surface area (Å²) < 4.78 is 0. The highest BCUT2D eigenvalue weighted by Crippen LogP contribution is 2.67. The summed E-state index contributed by atoms with van der Waals surface area (Å²) in [5, 5.41) is 4.25. The summed E-state index contributed by atoms with van der Waals surface area (Å²) in [6.07, 6.45) is 16.9. The first-order chi connectivity index (χ1) is 15.1. The van der Waals surface area contributed by atoms with Crippen molar-refractivity contribution in [2.75, 3.05) is 0 Å². The highest BCUT2D eigenvalue weighted by atomic mass is 16.2. The van der Waals surface area contributed by atoms with Crippen molar-refractivity contribution in [2.45, 2.75) is 105 Å². The average molecular weight is 442 g/mol. The van der Waals surface area contributed by atoms with Gasteiger partial charge in [-0.1, -0.05) is 59.5 Å². The van der Waals surface area contributed by atoms with E-state index in [1.165, 1.54) is 57.8 Å². The van der Waals surface area contributed by atoms with E-state index in [4.69, 9.17) is 5.73 Å². The van der Waals surface area contributed by atoms with E-state index in [0.717, 1.165) is 54.1 Å². The Morgan fingerprint density at radius 1 is 1.09 bits per heavy atom. The first-order valence-electron chi connectivity index (χ1n) is 13.5. The van der Waals surface area contributed by atoms with Crippen LogP contribution >= 0.6 is 0 Å². The zero-order valence-electron chi connectivity index (χ0n) is 21.3. The molecule has 0 radical (unpaired) electrons. The molecule has 0 bridgehead atoms. The van der Waals surface area contributed by atoms with E-state index < -0.39 is 6.03 Å². The van der Waals surface area contributed by atoms with Crippen molar-refractivity contribution in [3.05, 3.63) is 11.6 Å². The lowest BCUT2D eigenvalue weighted by Gasteiger charge is -2.58. The fourth-order valence-electron chi connectivity index (χ4n) is 8.81. The minimum atomic E-state index is -0.575. The number of carbonyl (C=O) groups is 1. The van der Waals surface area contributed by atoms with Crippen molar-refractivity contribution in [1.29, 1.82) is 0 Å². The van der Waals surface area contributed by atoms with Gasteiger partial charge in [-0.2, -0.15) is 5.10 Å². The molecular weight excluding hydrogens is 394 g/mol. The van der Waals surface area contributed by atoms with Crippen molar-refractivity contribution in [3.63, 3.8) is 0 Å². The lowest BCUT2D eigenvalue weighted by molar-refractivity contribution is -0.0573. The maximum Gasteiger partial charge on any atom is 0.332 e. The van der Waals surface area contributed by atoms with Crippen LogP contribution in [0.1, 0.15) is 105 Å². The Labute approximate surface area is 196 Å². The van der Waals surface area contributed by atoms with Crippen LogP contribution < -0.4 is 11.2 Å². The minimum Gasteiger partial charge on any atom is -0.350 e. The van der Waals surface area contributed by atoms with Crippen molar-refractivity contribution in [1.82, 2.24) is 5.43 Å². The predicted octanol–water partition coefficient (Wildman–Crippen LogP) is 7.05. The second kappa shape index (κ2) is 9.14. The molecule has 2 amide bonds. The number of allylic oxidation sites excluding steroid dienone is 2. The zero-order chi connectivity index (χ0) is 23.1. The van der Waals surface area contributed by atoms with Crippen LogP contribution in [0.3, 0.4) is 0 Å². The predicted molar refractivity (Wildman–Crippen MR) is 133 cm³/mol. The van der Waals surface area contributed by atoms with Crippen LogP contribution in [0.15, 0.2) is 16.8 Å². The van der Waals surface area contributed by atoms with Crippen molar-refractivity contribution >= 4 is 11.7 Å². The normalized spacial score (nSPS) is 40.9. The van der Waals surface area contributed by atoms with Gasteiger partial charge in [-0.25, -0.2) is 10.2 Å². The topological polar surface area (TPSA) is 67.5 Å². The Morgan fingerprint density at radius 2 is 1.88 bits per heavy atom. The maximum absolute atomic E-state index is 11.1. The molecule has 4 nitrogen and oxygen atoms in total. The van der Waals surface area contributed by atoms with Crippen LogP contribution in [0.2, 0.25) is 0 Å². The van der Waals surface area contributed by atoms with Gasteiger partial charge in [-0.05, 0) is 104 Å². The standard InChI is InChI=1S/C28H47N3O/c1-18(2)7-6-8-19(3)23-11-12-24-22-10-9-20-17-21(30-31-26(29)32)13-15-27(20,4)25(22)14-16-28(23,24)5/h17-19,22-25H,6-16H2,1-5H3,(H3,29,31,32). The molecule has 7 atom stereocenters. The van der Waals surface area contributed by atoms with Crippen LogP contribution in [-0.2, 0) is 0 Å². The summed E-state index contributed by atoms with van der Waals surface area (Å²) in [5.74, 6) is 5.27. The number of hydrogen-bond donors (Lipinski definition) is 2. The molecule has 180 valence electrons. The first kappa shape index (κ1) is 23.8. The SMILES string of the molecule is CC(C)CCCC(C)C1CCC2C3CCC4=CC(=NNC(N)=O)CCC4(C)C3CCC12C. The number of amides is 2. The van der Waals surface area contributed by atoms with Gasteiger partial charge >= 0.3 is 6.03 Å². The quantitative estimate of drug-likeness (QED) is 0.426. The molecule has 4 rings (SSSR count). The smallest absolute Gasteiger partial charge is 0.332 e. The van der Waals surface area contributed by atoms with E-state index in [9.17, 15) is 4.79 Å². The number of rotatable bonds is 6. The summed E-state index contributed by atoms with van der Waals surface area (Å²) in [7, 11) is 0. The molecule has 4 aliphatic rings. The fourth-order valence-corrected chi connectivity index (χ4v) is 8.81. The summed E-state index contributed by atoms with van der Waals surface area (Å²) in [6, 6.07) is -0.575. The molecule has 0 saturated heterocycles. The van der Waals surface area contributed by atoms with Crippen LogP contribution in [0.5, 0.6) is 0 Å². The Kier molecular flexibility index (Phi) is 6.81. The number of nitrogens with two attached hydrogens (primary N) is 1. The van der Waals surface area contributed by atoms with Gasteiger partial charge in [-0.3, -0.25) is 0 Å². The lowest BCUT2D eigenvalue weighted by Crippen LogP contribution is -2.51.